The lowest BCUT2D eigenvalue weighted by Crippen LogP contribution is -2.23. The molecule has 1 aromatic heterocycles. The molecule has 0 aliphatic carbocycles. The number of aromatic nitrogens is 2. The van der Waals surface area contributed by atoms with Crippen molar-refractivity contribution in [1.82, 2.24) is 15.3 Å². The normalized spacial score (nSPS) is 19.4. The highest BCUT2D eigenvalue weighted by molar-refractivity contribution is 5.31. The molecule has 1 N–H and O–H groups in total. The number of anilines is 1. The van der Waals surface area contributed by atoms with E-state index < -0.39 is 0 Å². The average molecular weight is 262 g/mol. The maximum Gasteiger partial charge on any atom is 0.225 e. The van der Waals surface area contributed by atoms with Gasteiger partial charge < -0.3 is 10.2 Å². The zero-order valence-corrected chi connectivity index (χ0v) is 12.4. The number of rotatable bonds is 6. The standard InChI is InChI=1S/C15H26N4/c1-4-13-5-6-19(11-13)15-17-9-14(10-18-15)8-16-7-12(2)3/h9-10,12-13,16H,4-8,11H2,1-3H3. The fourth-order valence-corrected chi connectivity index (χ4v) is 2.46. The second kappa shape index (κ2) is 6.85. The van der Waals surface area contributed by atoms with Crippen LogP contribution in [0.2, 0.25) is 0 Å². The summed E-state index contributed by atoms with van der Waals surface area (Å²) in [5.74, 6) is 2.38. The van der Waals surface area contributed by atoms with E-state index in [4.69, 9.17) is 0 Å². The fourth-order valence-electron chi connectivity index (χ4n) is 2.46. The molecule has 2 heterocycles. The van der Waals surface area contributed by atoms with Crippen molar-refractivity contribution in [3.05, 3.63) is 18.0 Å². The Labute approximate surface area is 116 Å². The summed E-state index contributed by atoms with van der Waals surface area (Å²) in [6, 6.07) is 0. The van der Waals surface area contributed by atoms with Gasteiger partial charge in [-0.25, -0.2) is 9.97 Å². The molecule has 4 nitrogen and oxygen atoms in total. The smallest absolute Gasteiger partial charge is 0.225 e. The average Bonchev–Trinajstić information content (AvgIpc) is 2.88. The molecule has 0 bridgehead atoms. The third kappa shape index (κ3) is 4.16. The predicted octanol–water partition coefficient (Wildman–Crippen LogP) is 2.46. The van der Waals surface area contributed by atoms with Gasteiger partial charge in [-0.05, 0) is 24.8 Å². The van der Waals surface area contributed by atoms with E-state index in [0.717, 1.165) is 43.6 Å². The van der Waals surface area contributed by atoms with Gasteiger partial charge in [0.2, 0.25) is 5.95 Å². The van der Waals surface area contributed by atoms with Gasteiger partial charge in [0.05, 0.1) is 0 Å². The maximum atomic E-state index is 4.50. The van der Waals surface area contributed by atoms with E-state index >= 15 is 0 Å². The lowest BCUT2D eigenvalue weighted by Gasteiger charge is -2.16. The van der Waals surface area contributed by atoms with Gasteiger partial charge in [-0.3, -0.25) is 0 Å². The van der Waals surface area contributed by atoms with Gasteiger partial charge in [-0.15, -0.1) is 0 Å². The Morgan fingerprint density at radius 2 is 2.11 bits per heavy atom. The van der Waals surface area contributed by atoms with Crippen LogP contribution in [0.25, 0.3) is 0 Å². The molecule has 19 heavy (non-hydrogen) atoms. The second-order valence-corrected chi connectivity index (χ2v) is 5.93. The van der Waals surface area contributed by atoms with Crippen molar-refractivity contribution in [3.63, 3.8) is 0 Å². The largest absolute Gasteiger partial charge is 0.341 e. The molecule has 1 aliphatic rings. The highest BCUT2D eigenvalue weighted by atomic mass is 15.3. The fraction of sp³-hybridized carbons (Fsp3) is 0.733. The predicted molar refractivity (Wildman–Crippen MR) is 79.2 cm³/mol. The van der Waals surface area contributed by atoms with E-state index in [1.165, 1.54) is 12.8 Å². The minimum Gasteiger partial charge on any atom is -0.341 e. The maximum absolute atomic E-state index is 4.50. The van der Waals surface area contributed by atoms with Gasteiger partial charge >= 0.3 is 0 Å². The first kappa shape index (κ1) is 14.3. The van der Waals surface area contributed by atoms with Crippen molar-refractivity contribution in [3.8, 4) is 0 Å². The second-order valence-electron chi connectivity index (χ2n) is 5.93. The van der Waals surface area contributed by atoms with Crippen molar-refractivity contribution in [2.75, 3.05) is 24.5 Å². The first-order valence-corrected chi connectivity index (χ1v) is 7.45. The zero-order chi connectivity index (χ0) is 13.7. The summed E-state index contributed by atoms with van der Waals surface area (Å²) in [5.41, 5.74) is 1.16. The Morgan fingerprint density at radius 3 is 2.68 bits per heavy atom. The number of hydrogen-bond donors (Lipinski definition) is 1. The minimum absolute atomic E-state index is 0.677. The molecule has 1 atom stereocenters. The molecule has 4 heteroatoms. The Balaban J connectivity index is 1.84. The Morgan fingerprint density at radius 1 is 1.37 bits per heavy atom. The molecular formula is C15H26N4. The van der Waals surface area contributed by atoms with Gasteiger partial charge in [-0.2, -0.15) is 0 Å². The van der Waals surface area contributed by atoms with E-state index in [9.17, 15) is 0 Å². The first-order chi connectivity index (χ1) is 9.19. The molecule has 2 rings (SSSR count). The topological polar surface area (TPSA) is 41.1 Å². The monoisotopic (exact) mass is 262 g/mol. The molecular weight excluding hydrogens is 236 g/mol. The summed E-state index contributed by atoms with van der Waals surface area (Å²) < 4.78 is 0. The quantitative estimate of drug-likeness (QED) is 0.855. The highest BCUT2D eigenvalue weighted by Crippen LogP contribution is 2.22. The summed E-state index contributed by atoms with van der Waals surface area (Å²) in [6.45, 7) is 10.8. The van der Waals surface area contributed by atoms with E-state index in [1.54, 1.807) is 0 Å². The molecule has 0 amide bonds. The summed E-state index contributed by atoms with van der Waals surface area (Å²) in [7, 11) is 0. The third-order valence-corrected chi connectivity index (χ3v) is 3.72. The van der Waals surface area contributed by atoms with Crippen LogP contribution < -0.4 is 10.2 Å². The molecule has 1 fully saturated rings. The molecule has 0 radical (unpaired) electrons. The molecule has 1 unspecified atom stereocenters. The van der Waals surface area contributed by atoms with E-state index in [0.29, 0.717) is 5.92 Å². The van der Waals surface area contributed by atoms with Crippen LogP contribution in [0.4, 0.5) is 5.95 Å². The van der Waals surface area contributed by atoms with Crippen LogP contribution in [0, 0.1) is 11.8 Å². The van der Waals surface area contributed by atoms with Crippen molar-refractivity contribution in [2.24, 2.45) is 11.8 Å². The SMILES string of the molecule is CCC1CCN(c2ncc(CNCC(C)C)cn2)C1. The van der Waals surface area contributed by atoms with Gasteiger partial charge in [0.15, 0.2) is 0 Å². The van der Waals surface area contributed by atoms with Crippen molar-refractivity contribution in [1.29, 1.82) is 0 Å². The number of nitrogens with one attached hydrogen (secondary N) is 1. The summed E-state index contributed by atoms with van der Waals surface area (Å²) in [6.07, 6.45) is 6.44. The Hall–Kier alpha value is -1.16. The first-order valence-electron chi connectivity index (χ1n) is 7.45. The number of nitrogens with zero attached hydrogens (tertiary/aromatic N) is 3. The van der Waals surface area contributed by atoms with Crippen LogP contribution in [-0.2, 0) is 6.54 Å². The zero-order valence-electron chi connectivity index (χ0n) is 12.4. The van der Waals surface area contributed by atoms with Gasteiger partial charge in [0, 0.05) is 37.6 Å². The number of hydrogen-bond acceptors (Lipinski definition) is 4. The summed E-state index contributed by atoms with van der Waals surface area (Å²) >= 11 is 0. The van der Waals surface area contributed by atoms with Gasteiger partial charge in [0.1, 0.15) is 0 Å². The molecule has 0 aromatic carbocycles. The van der Waals surface area contributed by atoms with Crippen LogP contribution in [0.3, 0.4) is 0 Å². The van der Waals surface area contributed by atoms with Crippen LogP contribution in [0.15, 0.2) is 12.4 Å². The lowest BCUT2D eigenvalue weighted by molar-refractivity contribution is 0.551. The lowest BCUT2D eigenvalue weighted by atomic mass is 10.1. The van der Waals surface area contributed by atoms with Crippen LogP contribution >= 0.6 is 0 Å². The van der Waals surface area contributed by atoms with Crippen LogP contribution in [0.1, 0.15) is 39.2 Å². The van der Waals surface area contributed by atoms with Crippen molar-refractivity contribution < 1.29 is 0 Å². The Bertz CT molecular complexity index is 374. The molecule has 106 valence electrons. The molecule has 1 aliphatic heterocycles. The third-order valence-electron chi connectivity index (χ3n) is 3.72. The molecule has 0 spiro atoms. The van der Waals surface area contributed by atoms with Crippen LogP contribution in [-0.4, -0.2) is 29.6 Å². The Kier molecular flexibility index (Phi) is 5.14. The van der Waals surface area contributed by atoms with Crippen LogP contribution in [0.5, 0.6) is 0 Å². The molecule has 1 saturated heterocycles. The highest BCUT2D eigenvalue weighted by Gasteiger charge is 2.22. The minimum atomic E-state index is 0.677. The van der Waals surface area contributed by atoms with Gasteiger partial charge in [0.25, 0.3) is 0 Å². The molecule has 0 saturated carbocycles. The van der Waals surface area contributed by atoms with E-state index in [2.05, 4.69) is 41.0 Å². The van der Waals surface area contributed by atoms with Gasteiger partial charge in [-0.1, -0.05) is 27.2 Å². The summed E-state index contributed by atoms with van der Waals surface area (Å²) in [5, 5.41) is 3.41. The van der Waals surface area contributed by atoms with E-state index in [-0.39, 0.29) is 0 Å². The van der Waals surface area contributed by atoms with Crippen molar-refractivity contribution >= 4 is 5.95 Å². The molecule has 1 aromatic rings. The van der Waals surface area contributed by atoms with E-state index in [1.807, 2.05) is 12.4 Å². The summed E-state index contributed by atoms with van der Waals surface area (Å²) in [4.78, 5) is 11.3. The van der Waals surface area contributed by atoms with Crippen molar-refractivity contribution in [2.45, 2.75) is 40.2 Å².